The second-order valence-electron chi connectivity index (χ2n) is 2.99. The summed E-state index contributed by atoms with van der Waals surface area (Å²) in [5.41, 5.74) is 0. The SMILES string of the molecule is COCCC1(C(=O)O)CCCS1. The molecule has 0 aliphatic carbocycles. The standard InChI is InChI=1S/C8H14O3S/c1-11-5-4-8(7(9)10)3-2-6-12-8/h2-6H2,1H3,(H,9,10). The smallest absolute Gasteiger partial charge is 0.319 e. The fourth-order valence-electron chi connectivity index (χ4n) is 1.44. The van der Waals surface area contributed by atoms with E-state index in [1.165, 1.54) is 0 Å². The molecule has 0 spiro atoms. The van der Waals surface area contributed by atoms with E-state index in [2.05, 4.69) is 0 Å². The van der Waals surface area contributed by atoms with Crippen molar-refractivity contribution in [3.05, 3.63) is 0 Å². The lowest BCUT2D eigenvalue weighted by Crippen LogP contribution is -2.33. The van der Waals surface area contributed by atoms with E-state index in [0.717, 1.165) is 18.6 Å². The Kier molecular flexibility index (Phi) is 3.40. The first-order valence-electron chi connectivity index (χ1n) is 4.07. The van der Waals surface area contributed by atoms with Gasteiger partial charge in [-0.1, -0.05) is 0 Å². The minimum Gasteiger partial charge on any atom is -0.480 e. The number of aliphatic carboxylic acids is 1. The van der Waals surface area contributed by atoms with E-state index in [-0.39, 0.29) is 0 Å². The molecule has 0 bridgehead atoms. The number of carbonyl (C=O) groups is 1. The molecule has 1 aliphatic rings. The van der Waals surface area contributed by atoms with Gasteiger partial charge in [0.15, 0.2) is 0 Å². The summed E-state index contributed by atoms with van der Waals surface area (Å²) in [6, 6.07) is 0. The lowest BCUT2D eigenvalue weighted by Gasteiger charge is -2.21. The molecule has 1 atom stereocenters. The Morgan fingerprint density at radius 1 is 1.75 bits per heavy atom. The lowest BCUT2D eigenvalue weighted by atomic mass is 10.00. The summed E-state index contributed by atoms with van der Waals surface area (Å²) in [5.74, 6) is 0.290. The molecule has 3 nitrogen and oxygen atoms in total. The van der Waals surface area contributed by atoms with Crippen LogP contribution >= 0.6 is 11.8 Å². The summed E-state index contributed by atoms with van der Waals surface area (Å²) in [7, 11) is 1.61. The van der Waals surface area contributed by atoms with E-state index < -0.39 is 10.7 Å². The van der Waals surface area contributed by atoms with E-state index in [4.69, 9.17) is 9.84 Å². The van der Waals surface area contributed by atoms with Crippen LogP contribution in [0.25, 0.3) is 0 Å². The van der Waals surface area contributed by atoms with Gasteiger partial charge in [-0.2, -0.15) is 0 Å². The Bertz CT molecular complexity index is 164. The van der Waals surface area contributed by atoms with Crippen LogP contribution in [0, 0.1) is 0 Å². The van der Waals surface area contributed by atoms with Crippen LogP contribution in [0.4, 0.5) is 0 Å². The number of methoxy groups -OCH3 is 1. The highest BCUT2D eigenvalue weighted by Crippen LogP contribution is 2.41. The summed E-state index contributed by atoms with van der Waals surface area (Å²) in [6.07, 6.45) is 2.43. The number of carboxylic acid groups (broad SMARTS) is 1. The van der Waals surface area contributed by atoms with Crippen molar-refractivity contribution < 1.29 is 14.6 Å². The molecule has 0 saturated carbocycles. The summed E-state index contributed by atoms with van der Waals surface area (Å²) in [6.45, 7) is 0.541. The number of hydrogen-bond acceptors (Lipinski definition) is 3. The zero-order valence-corrected chi connectivity index (χ0v) is 8.02. The third kappa shape index (κ3) is 1.93. The zero-order chi connectivity index (χ0) is 9.03. The fourth-order valence-corrected chi connectivity index (χ4v) is 2.76. The van der Waals surface area contributed by atoms with Crippen LogP contribution in [-0.2, 0) is 9.53 Å². The van der Waals surface area contributed by atoms with Gasteiger partial charge in [0.2, 0.25) is 0 Å². The summed E-state index contributed by atoms with van der Waals surface area (Å²) < 4.78 is 4.36. The first kappa shape index (κ1) is 9.86. The number of hydrogen-bond donors (Lipinski definition) is 1. The molecule has 1 aliphatic heterocycles. The Balaban J connectivity index is 2.53. The minimum atomic E-state index is -0.679. The number of ether oxygens (including phenoxy) is 1. The predicted octanol–water partition coefficient (Wildman–Crippen LogP) is 1.37. The maximum atomic E-state index is 11.0. The summed E-state index contributed by atoms with van der Waals surface area (Å²) >= 11 is 1.56. The molecule has 70 valence electrons. The Morgan fingerprint density at radius 2 is 2.50 bits per heavy atom. The Labute approximate surface area is 76.5 Å². The van der Waals surface area contributed by atoms with E-state index >= 15 is 0 Å². The second kappa shape index (κ2) is 4.14. The van der Waals surface area contributed by atoms with Gasteiger partial charge >= 0.3 is 5.97 Å². The van der Waals surface area contributed by atoms with Crippen molar-refractivity contribution in [2.24, 2.45) is 0 Å². The summed E-state index contributed by atoms with van der Waals surface area (Å²) in [5, 5.41) is 9.01. The predicted molar refractivity (Wildman–Crippen MR) is 48.6 cm³/mol. The van der Waals surface area contributed by atoms with Crippen molar-refractivity contribution >= 4 is 17.7 Å². The second-order valence-corrected chi connectivity index (χ2v) is 4.47. The largest absolute Gasteiger partial charge is 0.480 e. The Morgan fingerprint density at radius 3 is 2.92 bits per heavy atom. The Hall–Kier alpha value is -0.220. The van der Waals surface area contributed by atoms with Gasteiger partial charge in [0, 0.05) is 13.7 Å². The number of rotatable bonds is 4. The highest BCUT2D eigenvalue weighted by molar-refractivity contribution is 8.01. The van der Waals surface area contributed by atoms with Gasteiger partial charge in [0.05, 0.1) is 0 Å². The van der Waals surface area contributed by atoms with E-state index in [0.29, 0.717) is 13.0 Å². The van der Waals surface area contributed by atoms with Crippen molar-refractivity contribution in [1.29, 1.82) is 0 Å². The van der Waals surface area contributed by atoms with Gasteiger partial charge in [-0.05, 0) is 25.0 Å². The van der Waals surface area contributed by atoms with Crippen LogP contribution in [0.2, 0.25) is 0 Å². The van der Waals surface area contributed by atoms with Crippen LogP contribution < -0.4 is 0 Å². The first-order chi connectivity index (χ1) is 5.71. The molecule has 1 unspecified atom stereocenters. The van der Waals surface area contributed by atoms with Crippen LogP contribution in [0.1, 0.15) is 19.3 Å². The number of carboxylic acids is 1. The molecule has 1 fully saturated rings. The number of thioether (sulfide) groups is 1. The van der Waals surface area contributed by atoms with Crippen LogP contribution in [-0.4, -0.2) is 35.3 Å². The molecule has 0 aromatic carbocycles. The first-order valence-corrected chi connectivity index (χ1v) is 5.06. The highest BCUT2D eigenvalue weighted by Gasteiger charge is 2.41. The van der Waals surface area contributed by atoms with Crippen LogP contribution in [0.3, 0.4) is 0 Å². The topological polar surface area (TPSA) is 46.5 Å². The molecule has 4 heteroatoms. The van der Waals surface area contributed by atoms with Crippen LogP contribution in [0.15, 0.2) is 0 Å². The normalized spacial score (nSPS) is 29.1. The van der Waals surface area contributed by atoms with Gasteiger partial charge in [-0.15, -0.1) is 11.8 Å². The van der Waals surface area contributed by atoms with E-state index in [1.54, 1.807) is 18.9 Å². The molecule has 12 heavy (non-hydrogen) atoms. The highest BCUT2D eigenvalue weighted by atomic mass is 32.2. The third-order valence-electron chi connectivity index (χ3n) is 2.20. The quantitative estimate of drug-likeness (QED) is 0.727. The maximum Gasteiger partial charge on any atom is 0.319 e. The van der Waals surface area contributed by atoms with Crippen LogP contribution in [0.5, 0.6) is 0 Å². The fraction of sp³-hybridized carbons (Fsp3) is 0.875. The molecule has 0 radical (unpaired) electrons. The van der Waals surface area contributed by atoms with Crippen molar-refractivity contribution in [2.45, 2.75) is 24.0 Å². The molecular formula is C8H14O3S. The van der Waals surface area contributed by atoms with Crippen molar-refractivity contribution in [2.75, 3.05) is 19.5 Å². The molecular weight excluding hydrogens is 176 g/mol. The lowest BCUT2D eigenvalue weighted by molar-refractivity contribution is -0.140. The van der Waals surface area contributed by atoms with Crippen molar-refractivity contribution in [1.82, 2.24) is 0 Å². The van der Waals surface area contributed by atoms with Gasteiger partial charge < -0.3 is 9.84 Å². The third-order valence-corrected chi connectivity index (χ3v) is 3.83. The summed E-state index contributed by atoms with van der Waals surface area (Å²) in [4.78, 5) is 11.0. The molecule has 1 saturated heterocycles. The minimum absolute atomic E-state index is 0.541. The molecule has 1 N–H and O–H groups in total. The van der Waals surface area contributed by atoms with Gasteiger partial charge in [0.1, 0.15) is 4.75 Å². The molecule has 0 amide bonds. The molecule has 0 aromatic heterocycles. The zero-order valence-electron chi connectivity index (χ0n) is 7.21. The van der Waals surface area contributed by atoms with Gasteiger partial charge in [0.25, 0.3) is 0 Å². The van der Waals surface area contributed by atoms with Gasteiger partial charge in [-0.3, -0.25) is 4.79 Å². The monoisotopic (exact) mass is 190 g/mol. The molecule has 1 rings (SSSR count). The molecule has 1 heterocycles. The van der Waals surface area contributed by atoms with Crippen molar-refractivity contribution in [3.63, 3.8) is 0 Å². The maximum absolute atomic E-state index is 11.0. The van der Waals surface area contributed by atoms with E-state index in [9.17, 15) is 4.79 Å². The molecule has 0 aromatic rings. The van der Waals surface area contributed by atoms with E-state index in [1.807, 2.05) is 0 Å². The average Bonchev–Trinajstić information content (AvgIpc) is 2.50. The van der Waals surface area contributed by atoms with Gasteiger partial charge in [-0.25, -0.2) is 0 Å². The average molecular weight is 190 g/mol. The van der Waals surface area contributed by atoms with Crippen molar-refractivity contribution in [3.8, 4) is 0 Å².